The SMILES string of the molecule is C=C(C(=O)O)C1CCC2(C)CCC=C(COC(=O)C=Cc3ccc(O)cc3)C2C1. The summed E-state index contributed by atoms with van der Waals surface area (Å²) < 4.78 is 5.48. The summed E-state index contributed by atoms with van der Waals surface area (Å²) in [4.78, 5) is 23.5. The molecule has 0 aromatic heterocycles. The van der Waals surface area contributed by atoms with Gasteiger partial charge in [0.2, 0.25) is 0 Å². The number of carbonyl (C=O) groups excluding carboxylic acids is 1. The van der Waals surface area contributed by atoms with Crippen molar-refractivity contribution in [1.29, 1.82) is 0 Å². The number of hydrogen-bond acceptors (Lipinski definition) is 4. The molecule has 0 spiro atoms. The van der Waals surface area contributed by atoms with Gasteiger partial charge < -0.3 is 14.9 Å². The van der Waals surface area contributed by atoms with Crippen molar-refractivity contribution >= 4 is 18.0 Å². The average Bonchev–Trinajstić information content (AvgIpc) is 2.70. The molecule has 0 heterocycles. The van der Waals surface area contributed by atoms with Crippen LogP contribution in [0.25, 0.3) is 6.08 Å². The number of fused-ring (bicyclic) bond motifs is 1. The average molecular weight is 396 g/mol. The Balaban J connectivity index is 1.62. The molecule has 5 heteroatoms. The molecule has 0 amide bonds. The Morgan fingerprint density at radius 2 is 2.00 bits per heavy atom. The maximum atomic E-state index is 12.2. The normalized spacial score (nSPS) is 26.4. The third-order valence-corrected chi connectivity index (χ3v) is 6.45. The number of rotatable bonds is 6. The molecule has 3 rings (SSSR count). The molecule has 3 unspecified atom stereocenters. The zero-order valence-electron chi connectivity index (χ0n) is 16.8. The Morgan fingerprint density at radius 1 is 1.28 bits per heavy atom. The molecule has 0 radical (unpaired) electrons. The van der Waals surface area contributed by atoms with Gasteiger partial charge in [0, 0.05) is 11.6 Å². The lowest BCUT2D eigenvalue weighted by Crippen LogP contribution is -2.39. The molecule has 154 valence electrons. The Kier molecular flexibility index (Phi) is 6.26. The minimum Gasteiger partial charge on any atom is -0.508 e. The van der Waals surface area contributed by atoms with Gasteiger partial charge in [0.05, 0.1) is 0 Å². The van der Waals surface area contributed by atoms with E-state index in [9.17, 15) is 19.8 Å². The van der Waals surface area contributed by atoms with Crippen LogP contribution in [0.1, 0.15) is 44.6 Å². The fraction of sp³-hybridized carbons (Fsp3) is 0.417. The molecule has 29 heavy (non-hydrogen) atoms. The maximum absolute atomic E-state index is 12.2. The zero-order valence-corrected chi connectivity index (χ0v) is 16.8. The second kappa shape index (κ2) is 8.68. The molecule has 2 aliphatic carbocycles. The van der Waals surface area contributed by atoms with Gasteiger partial charge in [-0.3, -0.25) is 0 Å². The van der Waals surface area contributed by atoms with E-state index in [0.717, 1.165) is 43.2 Å². The van der Waals surface area contributed by atoms with Crippen LogP contribution in [0.5, 0.6) is 5.75 Å². The van der Waals surface area contributed by atoms with E-state index in [-0.39, 0.29) is 35.2 Å². The summed E-state index contributed by atoms with van der Waals surface area (Å²) in [7, 11) is 0. The number of phenolic OH excluding ortho intramolecular Hbond substituents is 1. The third kappa shape index (κ3) is 4.97. The van der Waals surface area contributed by atoms with Crippen LogP contribution in [0.3, 0.4) is 0 Å². The zero-order chi connectivity index (χ0) is 21.0. The van der Waals surface area contributed by atoms with E-state index in [4.69, 9.17) is 4.74 Å². The van der Waals surface area contributed by atoms with Crippen LogP contribution in [0.15, 0.2) is 54.1 Å². The number of phenols is 1. The lowest BCUT2D eigenvalue weighted by molar-refractivity contribution is -0.137. The summed E-state index contributed by atoms with van der Waals surface area (Å²) in [6.45, 7) is 6.26. The lowest BCUT2D eigenvalue weighted by atomic mass is 9.57. The van der Waals surface area contributed by atoms with E-state index in [1.165, 1.54) is 6.08 Å². The van der Waals surface area contributed by atoms with Gasteiger partial charge in [-0.1, -0.05) is 31.7 Å². The highest BCUT2D eigenvalue weighted by Crippen LogP contribution is 2.53. The number of carboxylic acids is 1. The molecule has 2 aliphatic rings. The predicted molar refractivity (Wildman–Crippen MR) is 111 cm³/mol. The minimum absolute atomic E-state index is 0.0304. The largest absolute Gasteiger partial charge is 0.508 e. The van der Waals surface area contributed by atoms with Crippen molar-refractivity contribution in [2.45, 2.75) is 39.0 Å². The van der Waals surface area contributed by atoms with Gasteiger partial charge in [-0.2, -0.15) is 0 Å². The second-order valence-corrected chi connectivity index (χ2v) is 8.36. The summed E-state index contributed by atoms with van der Waals surface area (Å²) in [6.07, 6.45) is 9.75. The van der Waals surface area contributed by atoms with E-state index < -0.39 is 11.9 Å². The first kappa shape index (κ1) is 20.9. The third-order valence-electron chi connectivity index (χ3n) is 6.45. The molecular weight excluding hydrogens is 368 g/mol. The van der Waals surface area contributed by atoms with Crippen LogP contribution in [0.4, 0.5) is 0 Å². The Labute approximate surface area is 171 Å². The number of carboxylic acid groups (broad SMARTS) is 1. The number of carbonyl (C=O) groups is 2. The summed E-state index contributed by atoms with van der Waals surface area (Å²) in [5.74, 6) is -0.996. The van der Waals surface area contributed by atoms with Crippen LogP contribution in [-0.2, 0) is 14.3 Å². The molecule has 1 aromatic rings. The van der Waals surface area contributed by atoms with Crippen molar-refractivity contribution in [3.8, 4) is 5.75 Å². The quantitative estimate of drug-likeness (QED) is 0.412. The number of aliphatic carboxylic acids is 1. The van der Waals surface area contributed by atoms with Crippen molar-refractivity contribution in [2.75, 3.05) is 6.61 Å². The van der Waals surface area contributed by atoms with E-state index in [2.05, 4.69) is 19.6 Å². The van der Waals surface area contributed by atoms with Gasteiger partial charge in [0.25, 0.3) is 0 Å². The van der Waals surface area contributed by atoms with Crippen LogP contribution in [0.2, 0.25) is 0 Å². The molecule has 2 N–H and O–H groups in total. The van der Waals surface area contributed by atoms with Crippen molar-refractivity contribution in [1.82, 2.24) is 0 Å². The smallest absolute Gasteiger partial charge is 0.331 e. The highest BCUT2D eigenvalue weighted by molar-refractivity contribution is 5.87. The highest BCUT2D eigenvalue weighted by Gasteiger charge is 2.44. The molecule has 3 atom stereocenters. The lowest BCUT2D eigenvalue weighted by Gasteiger charge is -2.48. The van der Waals surface area contributed by atoms with Crippen LogP contribution >= 0.6 is 0 Å². The van der Waals surface area contributed by atoms with Gasteiger partial charge in [-0.05, 0) is 78.7 Å². The molecule has 0 saturated heterocycles. The van der Waals surface area contributed by atoms with Gasteiger partial charge in [-0.25, -0.2) is 9.59 Å². The molecule has 0 bridgehead atoms. The Morgan fingerprint density at radius 3 is 2.69 bits per heavy atom. The van der Waals surface area contributed by atoms with Crippen molar-refractivity contribution < 1.29 is 24.5 Å². The first-order valence-electron chi connectivity index (χ1n) is 10.0. The predicted octanol–water partition coefficient (Wildman–Crippen LogP) is 4.73. The Hall–Kier alpha value is -2.82. The Bertz CT molecular complexity index is 849. The van der Waals surface area contributed by atoms with Gasteiger partial charge >= 0.3 is 11.9 Å². The number of benzene rings is 1. The number of hydrogen-bond donors (Lipinski definition) is 2. The topological polar surface area (TPSA) is 83.8 Å². The highest BCUT2D eigenvalue weighted by atomic mass is 16.5. The van der Waals surface area contributed by atoms with Crippen LogP contribution < -0.4 is 0 Å². The van der Waals surface area contributed by atoms with E-state index >= 15 is 0 Å². The second-order valence-electron chi connectivity index (χ2n) is 8.36. The molecule has 1 aromatic carbocycles. The fourth-order valence-corrected chi connectivity index (χ4v) is 4.60. The number of esters is 1. The molecule has 0 aliphatic heterocycles. The summed E-state index contributed by atoms with van der Waals surface area (Å²) in [5, 5.41) is 18.6. The summed E-state index contributed by atoms with van der Waals surface area (Å²) in [5.41, 5.74) is 2.29. The van der Waals surface area contributed by atoms with E-state index in [1.807, 2.05) is 0 Å². The fourth-order valence-electron chi connectivity index (χ4n) is 4.60. The minimum atomic E-state index is -0.925. The summed E-state index contributed by atoms with van der Waals surface area (Å²) >= 11 is 0. The number of aromatic hydroxyl groups is 1. The van der Waals surface area contributed by atoms with E-state index in [0.29, 0.717) is 0 Å². The van der Waals surface area contributed by atoms with Crippen LogP contribution in [0, 0.1) is 17.3 Å². The van der Waals surface area contributed by atoms with Crippen molar-refractivity contribution in [3.05, 3.63) is 59.7 Å². The monoisotopic (exact) mass is 396 g/mol. The maximum Gasteiger partial charge on any atom is 0.331 e. The summed E-state index contributed by atoms with van der Waals surface area (Å²) in [6, 6.07) is 6.55. The molecule has 5 nitrogen and oxygen atoms in total. The first-order chi connectivity index (χ1) is 13.8. The van der Waals surface area contributed by atoms with E-state index in [1.54, 1.807) is 30.3 Å². The molecular formula is C24H28O5. The molecule has 1 fully saturated rings. The van der Waals surface area contributed by atoms with Gasteiger partial charge in [0.1, 0.15) is 12.4 Å². The van der Waals surface area contributed by atoms with Crippen LogP contribution in [-0.4, -0.2) is 28.8 Å². The number of allylic oxidation sites excluding steroid dienone is 1. The van der Waals surface area contributed by atoms with Crippen molar-refractivity contribution in [3.63, 3.8) is 0 Å². The standard InChI is InChI=1S/C24H28O5/c1-16(23(27)28)18-11-13-24(2)12-3-4-19(21(24)14-18)15-29-22(26)10-7-17-5-8-20(25)9-6-17/h4-10,18,21,25H,1,3,11-15H2,2H3,(H,27,28). The van der Waals surface area contributed by atoms with Gasteiger partial charge in [-0.15, -0.1) is 0 Å². The first-order valence-corrected chi connectivity index (χ1v) is 10.0. The molecule has 1 saturated carbocycles. The van der Waals surface area contributed by atoms with Crippen molar-refractivity contribution in [2.24, 2.45) is 17.3 Å². The van der Waals surface area contributed by atoms with Gasteiger partial charge in [0.15, 0.2) is 0 Å². The number of ether oxygens (including phenoxy) is 1.